The van der Waals surface area contributed by atoms with E-state index < -0.39 is 15.9 Å². The van der Waals surface area contributed by atoms with Crippen molar-refractivity contribution in [1.82, 2.24) is 14.4 Å². The van der Waals surface area contributed by atoms with E-state index in [1.807, 2.05) is 0 Å². The van der Waals surface area contributed by atoms with Gasteiger partial charge in [0.2, 0.25) is 0 Å². The van der Waals surface area contributed by atoms with Gasteiger partial charge in [-0.1, -0.05) is 28.7 Å². The van der Waals surface area contributed by atoms with E-state index in [1.165, 1.54) is 44.5 Å². The topological polar surface area (TPSA) is 104 Å². The predicted octanol–water partition coefficient (Wildman–Crippen LogP) is 3.73. The maximum absolute atomic E-state index is 13.9. The average Bonchev–Trinajstić information content (AvgIpc) is 3.21. The van der Waals surface area contributed by atoms with Crippen LogP contribution in [0.1, 0.15) is 21.7 Å². The number of carbonyl (C=O) groups excluding carboxylic acids is 1. The van der Waals surface area contributed by atoms with Crippen LogP contribution in [0.25, 0.3) is 11.0 Å². The van der Waals surface area contributed by atoms with Crippen molar-refractivity contribution in [1.29, 1.82) is 0 Å². The smallest absolute Gasteiger partial charge is 0.264 e. The van der Waals surface area contributed by atoms with Crippen molar-refractivity contribution in [3.8, 4) is 0 Å². The zero-order chi connectivity index (χ0) is 23.6. The number of imidazole rings is 1. The molecule has 0 bridgehead atoms. The quantitative estimate of drug-likeness (QED) is 0.402. The lowest BCUT2D eigenvalue weighted by Gasteiger charge is -2.14. The summed E-state index contributed by atoms with van der Waals surface area (Å²) in [5.41, 5.74) is 2.55. The van der Waals surface area contributed by atoms with Gasteiger partial charge >= 0.3 is 0 Å². The summed E-state index contributed by atoms with van der Waals surface area (Å²) in [5, 5.41) is 2.75. The number of aromatic amines is 1. The first-order valence-corrected chi connectivity index (χ1v) is 11.4. The Morgan fingerprint density at radius 2 is 1.91 bits per heavy atom. The summed E-state index contributed by atoms with van der Waals surface area (Å²) in [4.78, 5) is 25.1. The minimum Gasteiger partial charge on any atom is -0.342 e. The number of hydroxylamine groups is 1. The number of H-pyrrole nitrogens is 1. The van der Waals surface area contributed by atoms with Gasteiger partial charge in [0.1, 0.15) is 11.6 Å². The number of hydrogen-bond acceptors (Lipinski definition) is 5. The van der Waals surface area contributed by atoms with E-state index in [1.54, 1.807) is 36.4 Å². The summed E-state index contributed by atoms with van der Waals surface area (Å²) in [6, 6.07) is 17.3. The van der Waals surface area contributed by atoms with Crippen LogP contribution < -0.4 is 5.32 Å². The molecule has 4 aromatic rings. The highest BCUT2D eigenvalue weighted by Gasteiger charge is 2.22. The van der Waals surface area contributed by atoms with Gasteiger partial charge in [-0.05, 0) is 48.0 Å². The van der Waals surface area contributed by atoms with Crippen molar-refractivity contribution >= 4 is 32.7 Å². The zero-order valence-electron chi connectivity index (χ0n) is 17.9. The van der Waals surface area contributed by atoms with Gasteiger partial charge in [-0.25, -0.2) is 17.8 Å². The third kappa shape index (κ3) is 4.77. The summed E-state index contributed by atoms with van der Waals surface area (Å²) < 4.78 is 39.5. The Hall–Kier alpha value is -3.60. The fourth-order valence-corrected chi connectivity index (χ4v) is 4.31. The maximum Gasteiger partial charge on any atom is 0.264 e. The zero-order valence-corrected chi connectivity index (χ0v) is 18.7. The number of nitrogens with zero attached hydrogens (tertiary/aromatic N) is 2. The highest BCUT2D eigenvalue weighted by Crippen LogP contribution is 2.21. The van der Waals surface area contributed by atoms with Crippen molar-refractivity contribution in [3.63, 3.8) is 0 Å². The van der Waals surface area contributed by atoms with Gasteiger partial charge in [-0.15, -0.1) is 0 Å². The molecule has 1 amide bonds. The van der Waals surface area contributed by atoms with Crippen LogP contribution in [0.5, 0.6) is 0 Å². The van der Waals surface area contributed by atoms with Crippen LogP contribution in [0.4, 0.5) is 10.1 Å². The molecule has 0 saturated carbocycles. The van der Waals surface area contributed by atoms with Crippen molar-refractivity contribution < 1.29 is 22.4 Å². The number of sulfonamides is 1. The van der Waals surface area contributed by atoms with E-state index in [4.69, 9.17) is 4.84 Å². The summed E-state index contributed by atoms with van der Waals surface area (Å²) in [7, 11) is -1.38. The molecule has 0 aliphatic heterocycles. The van der Waals surface area contributed by atoms with Gasteiger partial charge in [-0.2, -0.15) is 0 Å². The van der Waals surface area contributed by atoms with Crippen LogP contribution in [0.3, 0.4) is 0 Å². The van der Waals surface area contributed by atoms with Gasteiger partial charge in [0, 0.05) is 24.7 Å². The summed E-state index contributed by atoms with van der Waals surface area (Å²) in [6.07, 6.45) is 0.306. The lowest BCUT2D eigenvalue weighted by atomic mass is 10.1. The van der Waals surface area contributed by atoms with Crippen LogP contribution in [0.15, 0.2) is 71.6 Å². The van der Waals surface area contributed by atoms with E-state index in [2.05, 4.69) is 15.3 Å². The molecule has 0 radical (unpaired) electrons. The number of fused-ring (bicyclic) bond motifs is 1. The van der Waals surface area contributed by atoms with E-state index in [0.29, 0.717) is 34.5 Å². The summed E-state index contributed by atoms with van der Waals surface area (Å²) in [6.45, 7) is 0. The number of halogens is 1. The standard InChI is InChI=1S/C23H21FN4O4S/c1-28(32-2)33(30,31)18-8-5-7-16(12-18)23(29)25-17-10-11-20-21(14-17)27-22(26-20)13-15-6-3-4-9-19(15)24/h3-12,14H,13H2,1-2H3,(H,25,29)(H,26,27). The van der Waals surface area contributed by atoms with Crippen LogP contribution in [-0.2, 0) is 21.3 Å². The van der Waals surface area contributed by atoms with Crippen molar-refractivity contribution in [2.45, 2.75) is 11.3 Å². The summed E-state index contributed by atoms with van der Waals surface area (Å²) >= 11 is 0. The van der Waals surface area contributed by atoms with Gasteiger partial charge in [0.05, 0.1) is 23.0 Å². The van der Waals surface area contributed by atoms with E-state index in [0.717, 1.165) is 4.47 Å². The number of aromatic nitrogens is 2. The molecule has 33 heavy (non-hydrogen) atoms. The Labute approximate surface area is 190 Å². The first kappa shape index (κ1) is 22.6. The fraction of sp³-hybridized carbons (Fsp3) is 0.130. The Balaban J connectivity index is 1.54. The molecule has 4 rings (SSSR count). The first-order chi connectivity index (χ1) is 15.8. The average molecular weight is 469 g/mol. The van der Waals surface area contributed by atoms with Gasteiger partial charge < -0.3 is 10.3 Å². The molecule has 0 unspecified atom stereocenters. The number of nitrogens with one attached hydrogen (secondary N) is 2. The second-order valence-corrected chi connectivity index (χ2v) is 9.20. The SMILES string of the molecule is CON(C)S(=O)(=O)c1cccc(C(=O)Nc2ccc3nc(Cc4ccccc4F)[nH]c3c2)c1. The normalized spacial score (nSPS) is 11.8. The molecule has 0 aliphatic carbocycles. The third-order valence-electron chi connectivity index (χ3n) is 5.09. The first-order valence-electron chi connectivity index (χ1n) is 9.94. The molecule has 0 atom stereocenters. The predicted molar refractivity (Wildman–Crippen MR) is 122 cm³/mol. The molecular formula is C23H21FN4O4S. The Morgan fingerprint density at radius 3 is 2.67 bits per heavy atom. The molecule has 1 heterocycles. The minimum atomic E-state index is -3.88. The molecule has 2 N–H and O–H groups in total. The molecular weight excluding hydrogens is 447 g/mol. The molecule has 0 aliphatic rings. The molecule has 170 valence electrons. The largest absolute Gasteiger partial charge is 0.342 e. The van der Waals surface area contributed by atoms with E-state index >= 15 is 0 Å². The van der Waals surface area contributed by atoms with Crippen molar-refractivity contribution in [2.75, 3.05) is 19.5 Å². The van der Waals surface area contributed by atoms with E-state index in [-0.39, 0.29) is 16.3 Å². The lowest BCUT2D eigenvalue weighted by molar-refractivity contribution is -0.0258. The second kappa shape index (κ2) is 9.10. The van der Waals surface area contributed by atoms with Gasteiger partial charge in [0.15, 0.2) is 0 Å². The Morgan fingerprint density at radius 1 is 1.12 bits per heavy atom. The van der Waals surface area contributed by atoms with Crippen LogP contribution in [0.2, 0.25) is 0 Å². The molecule has 0 spiro atoms. The number of amides is 1. The number of anilines is 1. The number of carbonyl (C=O) groups is 1. The van der Waals surface area contributed by atoms with Crippen molar-refractivity contribution in [2.24, 2.45) is 0 Å². The molecule has 0 saturated heterocycles. The van der Waals surface area contributed by atoms with Gasteiger partial charge in [-0.3, -0.25) is 9.63 Å². The molecule has 1 aromatic heterocycles. The third-order valence-corrected chi connectivity index (χ3v) is 6.77. The lowest BCUT2D eigenvalue weighted by Crippen LogP contribution is -2.26. The second-order valence-electron chi connectivity index (χ2n) is 7.26. The van der Waals surface area contributed by atoms with Crippen molar-refractivity contribution in [3.05, 3.63) is 89.5 Å². The highest BCUT2D eigenvalue weighted by molar-refractivity contribution is 7.89. The summed E-state index contributed by atoms with van der Waals surface area (Å²) in [5.74, 6) is -0.178. The molecule has 8 nitrogen and oxygen atoms in total. The highest BCUT2D eigenvalue weighted by atomic mass is 32.2. The van der Waals surface area contributed by atoms with Crippen LogP contribution >= 0.6 is 0 Å². The molecule has 10 heteroatoms. The Kier molecular flexibility index (Phi) is 6.23. The van der Waals surface area contributed by atoms with Gasteiger partial charge in [0.25, 0.3) is 15.9 Å². The van der Waals surface area contributed by atoms with Crippen LogP contribution in [-0.4, -0.2) is 42.9 Å². The number of rotatable bonds is 7. The fourth-order valence-electron chi connectivity index (χ4n) is 3.29. The molecule has 0 fully saturated rings. The maximum atomic E-state index is 13.9. The molecule has 3 aromatic carbocycles. The van der Waals surface area contributed by atoms with Crippen LogP contribution in [0, 0.1) is 5.82 Å². The number of hydrogen-bond donors (Lipinski definition) is 2. The minimum absolute atomic E-state index is 0.0682. The van der Waals surface area contributed by atoms with E-state index in [9.17, 15) is 17.6 Å². The monoisotopic (exact) mass is 468 g/mol. The number of benzene rings is 3. The Bertz CT molecular complexity index is 1440.